The molecule has 0 saturated carbocycles. The number of ether oxygens (including phenoxy) is 2. The van der Waals surface area contributed by atoms with Gasteiger partial charge in [0.2, 0.25) is 0 Å². The van der Waals surface area contributed by atoms with Gasteiger partial charge in [-0.3, -0.25) is 0 Å². The standard InChI is InChI=1S/C12H13N3O2/c1-16-9-3-4-11(17-2)10(5-9)12-14-6-8(13)7-15-12/h3-7H,13H2,1-2H3. The van der Waals surface area contributed by atoms with Gasteiger partial charge in [-0.05, 0) is 18.2 Å². The lowest BCUT2D eigenvalue weighted by molar-refractivity contribution is 0.404. The average molecular weight is 231 g/mol. The summed E-state index contributed by atoms with van der Waals surface area (Å²) in [4.78, 5) is 8.32. The number of nitrogens with zero attached hydrogens (tertiary/aromatic N) is 2. The Hall–Kier alpha value is -2.30. The molecular weight excluding hydrogens is 218 g/mol. The molecule has 5 heteroatoms. The monoisotopic (exact) mass is 231 g/mol. The first kappa shape index (κ1) is 11.2. The van der Waals surface area contributed by atoms with E-state index in [4.69, 9.17) is 15.2 Å². The topological polar surface area (TPSA) is 70.3 Å². The number of hydrogen-bond acceptors (Lipinski definition) is 5. The fourth-order valence-corrected chi connectivity index (χ4v) is 1.47. The summed E-state index contributed by atoms with van der Waals surface area (Å²) in [5.41, 5.74) is 6.84. The van der Waals surface area contributed by atoms with Crippen molar-refractivity contribution < 1.29 is 9.47 Å². The Kier molecular flexibility index (Phi) is 3.09. The molecule has 2 rings (SSSR count). The molecule has 0 aliphatic heterocycles. The van der Waals surface area contributed by atoms with E-state index in [1.165, 1.54) is 0 Å². The highest BCUT2D eigenvalue weighted by Gasteiger charge is 2.09. The van der Waals surface area contributed by atoms with E-state index < -0.39 is 0 Å². The number of anilines is 1. The maximum absolute atomic E-state index is 5.55. The van der Waals surface area contributed by atoms with Crippen LogP contribution in [-0.4, -0.2) is 24.2 Å². The molecule has 0 radical (unpaired) electrons. The Morgan fingerprint density at radius 3 is 2.35 bits per heavy atom. The SMILES string of the molecule is COc1ccc(OC)c(-c2ncc(N)cn2)c1. The number of hydrogen-bond donors (Lipinski definition) is 1. The van der Waals surface area contributed by atoms with Gasteiger partial charge in [-0.1, -0.05) is 0 Å². The van der Waals surface area contributed by atoms with Crippen molar-refractivity contribution >= 4 is 5.69 Å². The normalized spacial score (nSPS) is 10.0. The van der Waals surface area contributed by atoms with Gasteiger partial charge in [0.1, 0.15) is 11.5 Å². The third-order valence-electron chi connectivity index (χ3n) is 2.32. The maximum atomic E-state index is 5.55. The van der Waals surface area contributed by atoms with Crippen LogP contribution in [0.2, 0.25) is 0 Å². The van der Waals surface area contributed by atoms with Crippen LogP contribution in [0.4, 0.5) is 5.69 Å². The van der Waals surface area contributed by atoms with Gasteiger partial charge in [-0.15, -0.1) is 0 Å². The molecule has 0 bridgehead atoms. The molecular formula is C12H13N3O2. The smallest absolute Gasteiger partial charge is 0.163 e. The van der Waals surface area contributed by atoms with Crippen LogP contribution in [0.25, 0.3) is 11.4 Å². The van der Waals surface area contributed by atoms with E-state index >= 15 is 0 Å². The van der Waals surface area contributed by atoms with Gasteiger partial charge in [0.25, 0.3) is 0 Å². The van der Waals surface area contributed by atoms with Crippen LogP contribution in [0.3, 0.4) is 0 Å². The van der Waals surface area contributed by atoms with Gasteiger partial charge in [-0.2, -0.15) is 0 Å². The third-order valence-corrected chi connectivity index (χ3v) is 2.32. The Morgan fingerprint density at radius 1 is 1.06 bits per heavy atom. The number of nitrogens with two attached hydrogens (primary N) is 1. The minimum atomic E-state index is 0.524. The zero-order valence-corrected chi connectivity index (χ0v) is 9.68. The molecule has 5 nitrogen and oxygen atoms in total. The highest BCUT2D eigenvalue weighted by atomic mass is 16.5. The van der Waals surface area contributed by atoms with Crippen molar-refractivity contribution in [1.29, 1.82) is 0 Å². The fourth-order valence-electron chi connectivity index (χ4n) is 1.47. The molecule has 1 aromatic heterocycles. The lowest BCUT2D eigenvalue weighted by atomic mass is 10.1. The van der Waals surface area contributed by atoms with Crippen LogP contribution >= 0.6 is 0 Å². The first-order valence-corrected chi connectivity index (χ1v) is 5.04. The number of aromatic nitrogens is 2. The van der Waals surface area contributed by atoms with Crippen LogP contribution < -0.4 is 15.2 Å². The number of rotatable bonds is 3. The molecule has 0 unspecified atom stereocenters. The summed E-state index contributed by atoms with van der Waals surface area (Å²) in [6.45, 7) is 0. The quantitative estimate of drug-likeness (QED) is 0.871. The second-order valence-corrected chi connectivity index (χ2v) is 3.41. The molecule has 88 valence electrons. The Labute approximate surface area is 99.2 Å². The maximum Gasteiger partial charge on any atom is 0.163 e. The number of benzene rings is 1. The Bertz CT molecular complexity index is 512. The summed E-state index contributed by atoms with van der Waals surface area (Å²) in [7, 11) is 3.21. The van der Waals surface area contributed by atoms with E-state index in [1.807, 2.05) is 18.2 Å². The van der Waals surface area contributed by atoms with Crippen LogP contribution in [0.15, 0.2) is 30.6 Å². The summed E-state index contributed by atoms with van der Waals surface area (Å²) in [5, 5.41) is 0. The predicted molar refractivity (Wildman–Crippen MR) is 65.0 cm³/mol. The molecule has 0 amide bonds. The number of methoxy groups -OCH3 is 2. The van der Waals surface area contributed by atoms with Gasteiger partial charge in [0.15, 0.2) is 5.82 Å². The molecule has 2 N–H and O–H groups in total. The van der Waals surface area contributed by atoms with E-state index in [2.05, 4.69) is 9.97 Å². The molecule has 0 aliphatic carbocycles. The fraction of sp³-hybridized carbons (Fsp3) is 0.167. The minimum Gasteiger partial charge on any atom is -0.497 e. The number of nitrogen functional groups attached to an aromatic ring is 1. The molecule has 2 aromatic rings. The summed E-state index contributed by atoms with van der Waals surface area (Å²) in [5.74, 6) is 1.96. The summed E-state index contributed by atoms with van der Waals surface area (Å²) >= 11 is 0. The largest absolute Gasteiger partial charge is 0.497 e. The lowest BCUT2D eigenvalue weighted by Gasteiger charge is -2.09. The predicted octanol–water partition coefficient (Wildman–Crippen LogP) is 1.74. The van der Waals surface area contributed by atoms with E-state index in [-0.39, 0.29) is 0 Å². The Morgan fingerprint density at radius 2 is 1.76 bits per heavy atom. The van der Waals surface area contributed by atoms with Crippen molar-refractivity contribution in [2.75, 3.05) is 20.0 Å². The van der Waals surface area contributed by atoms with Crippen molar-refractivity contribution in [1.82, 2.24) is 9.97 Å². The summed E-state index contributed by atoms with van der Waals surface area (Å²) < 4.78 is 10.4. The molecule has 1 aromatic carbocycles. The Balaban J connectivity index is 2.51. The summed E-state index contributed by atoms with van der Waals surface area (Å²) in [6, 6.07) is 5.46. The van der Waals surface area contributed by atoms with Crippen molar-refractivity contribution in [3.63, 3.8) is 0 Å². The van der Waals surface area contributed by atoms with Crippen LogP contribution in [-0.2, 0) is 0 Å². The molecule has 17 heavy (non-hydrogen) atoms. The minimum absolute atomic E-state index is 0.524. The molecule has 0 atom stereocenters. The van der Waals surface area contributed by atoms with Crippen LogP contribution in [0, 0.1) is 0 Å². The van der Waals surface area contributed by atoms with Gasteiger partial charge < -0.3 is 15.2 Å². The molecule has 0 saturated heterocycles. The molecule has 0 spiro atoms. The van der Waals surface area contributed by atoms with Crippen LogP contribution in [0.1, 0.15) is 0 Å². The molecule has 0 aliphatic rings. The summed E-state index contributed by atoms with van der Waals surface area (Å²) in [6.07, 6.45) is 3.11. The molecule has 0 fully saturated rings. The highest BCUT2D eigenvalue weighted by Crippen LogP contribution is 2.31. The van der Waals surface area contributed by atoms with E-state index in [9.17, 15) is 0 Å². The first-order valence-electron chi connectivity index (χ1n) is 5.04. The van der Waals surface area contributed by atoms with Crippen LogP contribution in [0.5, 0.6) is 11.5 Å². The zero-order valence-electron chi connectivity index (χ0n) is 9.68. The van der Waals surface area contributed by atoms with E-state index in [0.717, 1.165) is 11.3 Å². The van der Waals surface area contributed by atoms with Gasteiger partial charge >= 0.3 is 0 Å². The molecule has 1 heterocycles. The average Bonchev–Trinajstić information content (AvgIpc) is 2.39. The highest BCUT2D eigenvalue weighted by molar-refractivity contribution is 5.66. The van der Waals surface area contributed by atoms with Crippen molar-refractivity contribution in [2.24, 2.45) is 0 Å². The second kappa shape index (κ2) is 4.69. The van der Waals surface area contributed by atoms with E-state index in [1.54, 1.807) is 26.6 Å². The van der Waals surface area contributed by atoms with Gasteiger partial charge in [-0.25, -0.2) is 9.97 Å². The zero-order chi connectivity index (χ0) is 12.3. The first-order chi connectivity index (χ1) is 8.24. The van der Waals surface area contributed by atoms with Crippen molar-refractivity contribution in [3.8, 4) is 22.9 Å². The third kappa shape index (κ3) is 2.28. The van der Waals surface area contributed by atoms with Gasteiger partial charge in [0.05, 0.1) is 37.9 Å². The van der Waals surface area contributed by atoms with Gasteiger partial charge in [0, 0.05) is 0 Å². The lowest BCUT2D eigenvalue weighted by Crippen LogP contribution is -1.95. The van der Waals surface area contributed by atoms with E-state index in [0.29, 0.717) is 17.3 Å². The second-order valence-electron chi connectivity index (χ2n) is 3.41. The van der Waals surface area contributed by atoms with Crippen molar-refractivity contribution in [2.45, 2.75) is 0 Å². The van der Waals surface area contributed by atoms with Crippen molar-refractivity contribution in [3.05, 3.63) is 30.6 Å².